The van der Waals surface area contributed by atoms with Gasteiger partial charge in [0.25, 0.3) is 5.91 Å². The number of carbonyl (C=O) groups excluding carboxylic acids is 2. The predicted octanol–water partition coefficient (Wildman–Crippen LogP) is 1.51. The minimum Gasteiger partial charge on any atom is -0.327 e. The Bertz CT molecular complexity index is 698. The molecule has 0 saturated carbocycles. The second kappa shape index (κ2) is 6.60. The monoisotopic (exact) mass is 313 g/mol. The first-order chi connectivity index (χ1) is 11.2. The Balaban J connectivity index is 1.90. The zero-order valence-electron chi connectivity index (χ0n) is 13.0. The number of hydrogen-bond acceptors (Lipinski definition) is 4. The third-order valence-electron chi connectivity index (χ3n) is 3.98. The lowest BCUT2D eigenvalue weighted by atomic mass is 10.0. The third-order valence-corrected chi connectivity index (χ3v) is 3.98. The lowest BCUT2D eigenvalue weighted by Gasteiger charge is -2.33. The van der Waals surface area contributed by atoms with Crippen LogP contribution in [0.1, 0.15) is 30.9 Å². The van der Waals surface area contributed by atoms with Crippen molar-refractivity contribution >= 4 is 17.8 Å². The Labute approximate surface area is 134 Å². The molecular weight excluding hydrogens is 294 g/mol. The van der Waals surface area contributed by atoms with E-state index < -0.39 is 6.04 Å². The second-order valence-electron chi connectivity index (χ2n) is 5.55. The molecular formula is C16H19N5O2. The van der Waals surface area contributed by atoms with Crippen molar-refractivity contribution in [1.29, 1.82) is 0 Å². The average Bonchev–Trinajstić information content (AvgIpc) is 2.96. The van der Waals surface area contributed by atoms with E-state index in [9.17, 15) is 9.59 Å². The van der Waals surface area contributed by atoms with E-state index >= 15 is 0 Å². The molecule has 0 bridgehead atoms. The molecule has 0 aliphatic carbocycles. The van der Waals surface area contributed by atoms with Gasteiger partial charge in [0.05, 0.1) is 0 Å². The second-order valence-corrected chi connectivity index (χ2v) is 5.55. The van der Waals surface area contributed by atoms with Gasteiger partial charge in [-0.15, -0.1) is 0 Å². The van der Waals surface area contributed by atoms with E-state index in [1.807, 2.05) is 30.3 Å². The summed E-state index contributed by atoms with van der Waals surface area (Å²) in [6.45, 7) is 0.588. The molecule has 1 fully saturated rings. The number of anilines is 1. The molecule has 1 atom stereocenters. The fraction of sp³-hybridized carbons (Fsp3) is 0.375. The van der Waals surface area contributed by atoms with Crippen LogP contribution in [-0.4, -0.2) is 38.0 Å². The molecule has 1 aromatic carbocycles. The molecule has 1 aromatic heterocycles. The van der Waals surface area contributed by atoms with Crippen LogP contribution in [0, 0.1) is 0 Å². The summed E-state index contributed by atoms with van der Waals surface area (Å²) in [5.41, 5.74) is 0.794. The van der Waals surface area contributed by atoms with E-state index in [1.54, 1.807) is 11.9 Å². The van der Waals surface area contributed by atoms with Crippen LogP contribution in [0.4, 0.5) is 5.95 Å². The maximum absolute atomic E-state index is 12.8. The summed E-state index contributed by atoms with van der Waals surface area (Å²) in [6, 6.07) is 8.70. The van der Waals surface area contributed by atoms with Gasteiger partial charge in [0.15, 0.2) is 0 Å². The smallest absolute Gasteiger partial charge is 0.254 e. The van der Waals surface area contributed by atoms with Crippen LogP contribution in [0.25, 0.3) is 0 Å². The van der Waals surface area contributed by atoms with Gasteiger partial charge in [-0.25, -0.2) is 4.68 Å². The van der Waals surface area contributed by atoms with Crippen LogP contribution in [0.15, 0.2) is 36.7 Å². The summed E-state index contributed by atoms with van der Waals surface area (Å²) >= 11 is 0. The fourth-order valence-electron chi connectivity index (χ4n) is 2.80. The average molecular weight is 313 g/mol. The lowest BCUT2D eigenvalue weighted by molar-refractivity contribution is -0.141. The maximum Gasteiger partial charge on any atom is 0.254 e. The van der Waals surface area contributed by atoms with Gasteiger partial charge in [-0.3, -0.25) is 14.9 Å². The zero-order chi connectivity index (χ0) is 16.2. The lowest BCUT2D eigenvalue weighted by Crippen LogP contribution is -2.43. The fourth-order valence-corrected chi connectivity index (χ4v) is 2.80. The minimum atomic E-state index is -0.652. The van der Waals surface area contributed by atoms with Gasteiger partial charge in [-0.1, -0.05) is 30.3 Å². The molecule has 0 radical (unpaired) electrons. The molecule has 7 nitrogen and oxygen atoms in total. The first-order valence-electron chi connectivity index (χ1n) is 7.66. The Morgan fingerprint density at radius 2 is 2.04 bits per heavy atom. The summed E-state index contributed by atoms with van der Waals surface area (Å²) in [6.07, 6.45) is 3.65. The van der Waals surface area contributed by atoms with Crippen molar-refractivity contribution in [3.8, 4) is 0 Å². The van der Waals surface area contributed by atoms with E-state index in [1.165, 1.54) is 11.0 Å². The van der Waals surface area contributed by atoms with Crippen molar-refractivity contribution in [2.45, 2.75) is 25.3 Å². The van der Waals surface area contributed by atoms with Crippen LogP contribution in [0.2, 0.25) is 0 Å². The molecule has 23 heavy (non-hydrogen) atoms. The Morgan fingerprint density at radius 1 is 1.26 bits per heavy atom. The van der Waals surface area contributed by atoms with E-state index in [4.69, 9.17) is 0 Å². The van der Waals surface area contributed by atoms with Crippen molar-refractivity contribution in [3.63, 3.8) is 0 Å². The van der Waals surface area contributed by atoms with Crippen LogP contribution in [0.5, 0.6) is 0 Å². The molecule has 1 aliphatic heterocycles. The van der Waals surface area contributed by atoms with Crippen LogP contribution >= 0.6 is 0 Å². The minimum absolute atomic E-state index is 0.0122. The number of benzene rings is 1. The molecule has 3 rings (SSSR count). The maximum atomic E-state index is 12.8. The van der Waals surface area contributed by atoms with Crippen molar-refractivity contribution in [1.82, 2.24) is 19.7 Å². The summed E-state index contributed by atoms with van der Waals surface area (Å²) in [5, 5.41) is 6.70. The van der Waals surface area contributed by atoms with E-state index in [0.29, 0.717) is 18.9 Å². The highest BCUT2D eigenvalue weighted by Crippen LogP contribution is 2.26. The molecule has 1 aliphatic rings. The van der Waals surface area contributed by atoms with Crippen molar-refractivity contribution < 1.29 is 9.59 Å². The Kier molecular flexibility index (Phi) is 4.36. The molecule has 2 heterocycles. The Hall–Kier alpha value is -2.70. The Morgan fingerprint density at radius 3 is 2.70 bits per heavy atom. The topological polar surface area (TPSA) is 80.1 Å². The standard InChI is InChI=1S/C16H19N5O2/c1-20-16(17-11-18-20)19-15(23)14(12-7-3-2-4-8-12)21-10-6-5-9-13(21)22/h2-4,7-8,11,14H,5-6,9-10H2,1H3,(H,17,18,19,23). The zero-order valence-corrected chi connectivity index (χ0v) is 13.0. The normalized spacial score (nSPS) is 16.2. The number of nitrogens with zero attached hydrogens (tertiary/aromatic N) is 4. The first kappa shape index (κ1) is 15.2. The SMILES string of the molecule is Cn1ncnc1NC(=O)C(c1ccccc1)N1CCCCC1=O. The van der Waals surface area contributed by atoms with Crippen molar-refractivity contribution in [2.24, 2.45) is 7.05 Å². The molecule has 1 saturated heterocycles. The highest BCUT2D eigenvalue weighted by Gasteiger charge is 2.33. The highest BCUT2D eigenvalue weighted by molar-refractivity contribution is 5.97. The molecule has 1 N–H and O–H groups in total. The summed E-state index contributed by atoms with van der Waals surface area (Å²) in [7, 11) is 1.70. The van der Waals surface area contributed by atoms with E-state index in [0.717, 1.165) is 18.4 Å². The predicted molar refractivity (Wildman–Crippen MR) is 84.4 cm³/mol. The number of piperidine rings is 1. The number of rotatable bonds is 4. The number of likely N-dealkylation sites (tertiary alicyclic amines) is 1. The number of carbonyl (C=O) groups is 2. The molecule has 0 spiro atoms. The van der Waals surface area contributed by atoms with Crippen LogP contribution in [0.3, 0.4) is 0 Å². The summed E-state index contributed by atoms with van der Waals surface area (Å²) in [5.74, 6) is 0.0983. The number of aryl methyl sites for hydroxylation is 1. The van der Waals surface area contributed by atoms with Gasteiger partial charge >= 0.3 is 0 Å². The van der Waals surface area contributed by atoms with Gasteiger partial charge in [-0.05, 0) is 18.4 Å². The molecule has 2 amide bonds. The van der Waals surface area contributed by atoms with Gasteiger partial charge in [0.1, 0.15) is 12.4 Å². The van der Waals surface area contributed by atoms with E-state index in [-0.39, 0.29) is 11.8 Å². The van der Waals surface area contributed by atoms with Crippen LogP contribution in [-0.2, 0) is 16.6 Å². The number of nitrogens with one attached hydrogen (secondary N) is 1. The number of amides is 2. The number of aromatic nitrogens is 3. The van der Waals surface area contributed by atoms with Crippen molar-refractivity contribution in [2.75, 3.05) is 11.9 Å². The van der Waals surface area contributed by atoms with Crippen molar-refractivity contribution in [3.05, 3.63) is 42.2 Å². The molecule has 7 heteroatoms. The summed E-state index contributed by atoms with van der Waals surface area (Å²) < 4.78 is 1.48. The molecule has 1 unspecified atom stereocenters. The van der Waals surface area contributed by atoms with Gasteiger partial charge < -0.3 is 4.90 Å². The molecule has 120 valence electrons. The molecule has 2 aromatic rings. The van der Waals surface area contributed by atoms with Gasteiger partial charge in [0.2, 0.25) is 11.9 Å². The third kappa shape index (κ3) is 3.23. The largest absolute Gasteiger partial charge is 0.327 e. The highest BCUT2D eigenvalue weighted by atomic mass is 16.2. The summed E-state index contributed by atoms with van der Waals surface area (Å²) in [4.78, 5) is 30.8. The number of hydrogen-bond donors (Lipinski definition) is 1. The quantitative estimate of drug-likeness (QED) is 0.928. The van der Waals surface area contributed by atoms with Gasteiger partial charge in [-0.2, -0.15) is 10.1 Å². The first-order valence-corrected chi connectivity index (χ1v) is 7.66. The van der Waals surface area contributed by atoms with Crippen LogP contribution < -0.4 is 5.32 Å². The van der Waals surface area contributed by atoms with E-state index in [2.05, 4.69) is 15.4 Å². The van der Waals surface area contributed by atoms with Gasteiger partial charge in [0, 0.05) is 20.0 Å².